The number of carbonyl (C=O) groups excluding carboxylic acids is 1. The molecule has 1 aromatic heterocycles. The number of hydrogen-bond donors (Lipinski definition) is 2. The molecule has 2 heterocycles. The lowest BCUT2D eigenvalue weighted by Gasteiger charge is -2.34. The number of likely N-dealkylation sites (N-methyl/N-ethyl adjacent to an activating group) is 1. The number of nitrogens with one attached hydrogen (secondary N) is 2. The first-order valence-electron chi connectivity index (χ1n) is 9.89. The van der Waals surface area contributed by atoms with Gasteiger partial charge in [0, 0.05) is 57.9 Å². The van der Waals surface area contributed by atoms with E-state index in [1.807, 2.05) is 12.4 Å². The number of anilines is 1. The summed E-state index contributed by atoms with van der Waals surface area (Å²) in [6, 6.07) is 4.46. The SMILES string of the molecule is CCC(C)NC(=NCC(=O)N(C)C)NCC1CCN(c2ccncc2)CC1.I. The zero-order valence-electron chi connectivity index (χ0n) is 17.5. The molecule has 1 saturated heterocycles. The van der Waals surface area contributed by atoms with Crippen LogP contribution in [0.1, 0.15) is 33.1 Å². The predicted octanol–water partition coefficient (Wildman–Crippen LogP) is 2.34. The topological polar surface area (TPSA) is 72.9 Å². The van der Waals surface area contributed by atoms with Gasteiger partial charge in [-0.1, -0.05) is 6.92 Å². The zero-order valence-corrected chi connectivity index (χ0v) is 19.8. The quantitative estimate of drug-likeness (QED) is 0.340. The number of pyridine rings is 1. The van der Waals surface area contributed by atoms with Crippen LogP contribution in [0.3, 0.4) is 0 Å². The molecular weight excluding hydrogens is 467 g/mol. The van der Waals surface area contributed by atoms with Crippen LogP contribution in [0.2, 0.25) is 0 Å². The molecule has 0 aliphatic carbocycles. The van der Waals surface area contributed by atoms with Gasteiger partial charge in [-0.05, 0) is 44.2 Å². The van der Waals surface area contributed by atoms with Gasteiger partial charge in [-0.2, -0.15) is 0 Å². The van der Waals surface area contributed by atoms with E-state index in [0.717, 1.165) is 44.9 Å². The summed E-state index contributed by atoms with van der Waals surface area (Å²) in [7, 11) is 3.51. The average Bonchev–Trinajstić information content (AvgIpc) is 2.70. The molecule has 158 valence electrons. The van der Waals surface area contributed by atoms with Gasteiger partial charge in [0.2, 0.25) is 5.91 Å². The van der Waals surface area contributed by atoms with Gasteiger partial charge in [-0.3, -0.25) is 9.78 Å². The zero-order chi connectivity index (χ0) is 19.6. The van der Waals surface area contributed by atoms with Gasteiger partial charge in [-0.25, -0.2) is 4.99 Å². The van der Waals surface area contributed by atoms with Crippen LogP contribution < -0.4 is 15.5 Å². The van der Waals surface area contributed by atoms with Crippen LogP contribution in [0.25, 0.3) is 0 Å². The second-order valence-electron chi connectivity index (χ2n) is 7.42. The van der Waals surface area contributed by atoms with Crippen molar-refractivity contribution in [2.24, 2.45) is 10.9 Å². The summed E-state index contributed by atoms with van der Waals surface area (Å²) < 4.78 is 0. The van der Waals surface area contributed by atoms with Gasteiger partial charge < -0.3 is 20.4 Å². The Kier molecular flexibility index (Phi) is 11.2. The minimum absolute atomic E-state index is 0. The number of nitrogens with zero attached hydrogens (tertiary/aromatic N) is 4. The number of rotatable bonds is 7. The summed E-state index contributed by atoms with van der Waals surface area (Å²) in [5.41, 5.74) is 1.25. The summed E-state index contributed by atoms with van der Waals surface area (Å²) in [6.45, 7) is 7.41. The molecule has 1 unspecified atom stereocenters. The van der Waals surface area contributed by atoms with E-state index in [4.69, 9.17) is 0 Å². The van der Waals surface area contributed by atoms with Crippen molar-refractivity contribution in [3.8, 4) is 0 Å². The third-order valence-electron chi connectivity index (χ3n) is 5.07. The van der Waals surface area contributed by atoms with E-state index in [0.29, 0.717) is 12.0 Å². The number of aromatic nitrogens is 1. The van der Waals surface area contributed by atoms with Crippen LogP contribution in [0, 0.1) is 5.92 Å². The lowest BCUT2D eigenvalue weighted by molar-refractivity contribution is -0.127. The Morgan fingerprint density at radius 3 is 2.54 bits per heavy atom. The Hall–Kier alpha value is -1.58. The lowest BCUT2D eigenvalue weighted by Crippen LogP contribution is -2.46. The van der Waals surface area contributed by atoms with Crippen LogP contribution in [-0.2, 0) is 4.79 Å². The van der Waals surface area contributed by atoms with E-state index in [-0.39, 0.29) is 36.4 Å². The Morgan fingerprint density at radius 2 is 1.96 bits per heavy atom. The highest BCUT2D eigenvalue weighted by Crippen LogP contribution is 2.22. The normalized spacial score (nSPS) is 16.1. The number of aliphatic imine (C=N–C) groups is 1. The minimum Gasteiger partial charge on any atom is -0.371 e. The maximum absolute atomic E-state index is 11.8. The van der Waals surface area contributed by atoms with Crippen LogP contribution in [0.15, 0.2) is 29.5 Å². The molecular formula is C20H35IN6O. The third-order valence-corrected chi connectivity index (χ3v) is 5.07. The first-order valence-corrected chi connectivity index (χ1v) is 9.89. The van der Waals surface area contributed by atoms with E-state index in [1.54, 1.807) is 19.0 Å². The van der Waals surface area contributed by atoms with Crippen molar-refractivity contribution < 1.29 is 4.79 Å². The number of piperidine rings is 1. The maximum Gasteiger partial charge on any atom is 0.243 e. The molecule has 1 aliphatic rings. The highest BCUT2D eigenvalue weighted by molar-refractivity contribution is 14.0. The van der Waals surface area contributed by atoms with E-state index in [2.05, 4.69) is 51.5 Å². The Labute approximate surface area is 186 Å². The summed E-state index contributed by atoms with van der Waals surface area (Å²) in [6.07, 6.45) is 6.99. The Morgan fingerprint density at radius 1 is 1.32 bits per heavy atom. The average molecular weight is 502 g/mol. The van der Waals surface area contributed by atoms with Crippen LogP contribution >= 0.6 is 24.0 Å². The third kappa shape index (κ3) is 8.20. The van der Waals surface area contributed by atoms with Crippen molar-refractivity contribution in [1.29, 1.82) is 0 Å². The van der Waals surface area contributed by atoms with E-state index < -0.39 is 0 Å². The fourth-order valence-electron chi connectivity index (χ4n) is 2.97. The molecule has 1 aromatic rings. The van der Waals surface area contributed by atoms with Crippen LogP contribution in [0.4, 0.5) is 5.69 Å². The van der Waals surface area contributed by atoms with Gasteiger partial charge in [0.05, 0.1) is 0 Å². The number of hydrogen-bond acceptors (Lipinski definition) is 4. The molecule has 2 rings (SSSR count). The monoisotopic (exact) mass is 502 g/mol. The Bertz CT molecular complexity index is 602. The highest BCUT2D eigenvalue weighted by atomic mass is 127. The summed E-state index contributed by atoms with van der Waals surface area (Å²) >= 11 is 0. The molecule has 0 spiro atoms. The van der Waals surface area contributed by atoms with Gasteiger partial charge >= 0.3 is 0 Å². The number of halogens is 1. The molecule has 0 radical (unpaired) electrons. The second kappa shape index (κ2) is 12.8. The molecule has 1 aliphatic heterocycles. The van der Waals surface area contributed by atoms with Crippen molar-refractivity contribution in [1.82, 2.24) is 20.5 Å². The van der Waals surface area contributed by atoms with E-state index in [1.165, 1.54) is 5.69 Å². The van der Waals surface area contributed by atoms with Crippen LogP contribution in [0.5, 0.6) is 0 Å². The van der Waals surface area contributed by atoms with Crippen LogP contribution in [-0.4, -0.2) is 68.1 Å². The number of guanidine groups is 1. The maximum atomic E-state index is 11.8. The van der Waals surface area contributed by atoms with Gasteiger partial charge in [0.1, 0.15) is 6.54 Å². The molecule has 0 aromatic carbocycles. The molecule has 2 N–H and O–H groups in total. The second-order valence-corrected chi connectivity index (χ2v) is 7.42. The fourth-order valence-corrected chi connectivity index (χ4v) is 2.97. The van der Waals surface area contributed by atoms with Gasteiger partial charge in [0.15, 0.2) is 5.96 Å². The number of amides is 1. The van der Waals surface area contributed by atoms with Gasteiger partial charge in [-0.15, -0.1) is 24.0 Å². The molecule has 1 atom stereocenters. The largest absolute Gasteiger partial charge is 0.371 e. The van der Waals surface area contributed by atoms with E-state index >= 15 is 0 Å². The van der Waals surface area contributed by atoms with Crippen molar-refractivity contribution in [3.05, 3.63) is 24.5 Å². The first-order chi connectivity index (χ1) is 13.0. The molecule has 7 nitrogen and oxygen atoms in total. The van der Waals surface area contributed by atoms with Crippen molar-refractivity contribution in [2.75, 3.05) is 45.2 Å². The van der Waals surface area contributed by atoms with Crippen molar-refractivity contribution in [2.45, 2.75) is 39.2 Å². The van der Waals surface area contributed by atoms with Gasteiger partial charge in [0.25, 0.3) is 0 Å². The molecule has 0 saturated carbocycles. The minimum atomic E-state index is 0. The highest BCUT2D eigenvalue weighted by Gasteiger charge is 2.20. The van der Waals surface area contributed by atoms with Crippen molar-refractivity contribution in [3.63, 3.8) is 0 Å². The number of carbonyl (C=O) groups is 1. The standard InChI is InChI=1S/C20H34N6O.HI/c1-5-16(2)24-20(23-15-19(27)25(3)4)22-14-17-8-12-26(13-9-17)18-6-10-21-11-7-18;/h6-7,10-11,16-17H,5,8-9,12-15H2,1-4H3,(H2,22,23,24);1H. The summed E-state index contributed by atoms with van der Waals surface area (Å²) in [5, 5.41) is 6.83. The first kappa shape index (κ1) is 24.5. The summed E-state index contributed by atoms with van der Waals surface area (Å²) in [5.74, 6) is 1.35. The predicted molar refractivity (Wildman–Crippen MR) is 126 cm³/mol. The molecule has 1 amide bonds. The Balaban J connectivity index is 0.00000392. The molecule has 1 fully saturated rings. The van der Waals surface area contributed by atoms with Crippen molar-refractivity contribution >= 4 is 41.5 Å². The molecule has 0 bridgehead atoms. The molecule has 8 heteroatoms. The molecule has 28 heavy (non-hydrogen) atoms. The van der Waals surface area contributed by atoms with E-state index in [9.17, 15) is 4.79 Å². The smallest absolute Gasteiger partial charge is 0.243 e. The lowest BCUT2D eigenvalue weighted by atomic mass is 9.96. The fraction of sp³-hybridized carbons (Fsp3) is 0.650. The summed E-state index contributed by atoms with van der Waals surface area (Å²) in [4.78, 5) is 24.4.